The molecule has 0 radical (unpaired) electrons. The summed E-state index contributed by atoms with van der Waals surface area (Å²) in [5.74, 6) is 0.679. The predicted octanol–water partition coefficient (Wildman–Crippen LogP) is 3.07. The molecule has 0 aliphatic carbocycles. The number of amides is 1. The first kappa shape index (κ1) is 17.3. The molecule has 1 aromatic heterocycles. The molecule has 0 saturated heterocycles. The van der Waals surface area contributed by atoms with E-state index in [-0.39, 0.29) is 11.2 Å². The Bertz CT molecular complexity index is 675. The molecular formula is C15H18N4O2S2. The quantitative estimate of drug-likeness (QED) is 0.563. The van der Waals surface area contributed by atoms with Gasteiger partial charge in [-0.15, -0.1) is 16.8 Å². The van der Waals surface area contributed by atoms with Crippen molar-refractivity contribution in [3.63, 3.8) is 0 Å². The zero-order valence-corrected chi connectivity index (χ0v) is 14.5. The Balaban J connectivity index is 1.98. The van der Waals surface area contributed by atoms with Crippen molar-refractivity contribution < 1.29 is 9.53 Å². The van der Waals surface area contributed by atoms with E-state index in [9.17, 15) is 4.79 Å². The second kappa shape index (κ2) is 8.54. The lowest BCUT2D eigenvalue weighted by Gasteiger charge is -2.08. The van der Waals surface area contributed by atoms with Crippen molar-refractivity contribution in [1.82, 2.24) is 15.5 Å². The minimum absolute atomic E-state index is 0.0515. The normalized spacial score (nSPS) is 11.6. The number of anilines is 2. The van der Waals surface area contributed by atoms with Gasteiger partial charge in [0, 0.05) is 6.54 Å². The van der Waals surface area contributed by atoms with Gasteiger partial charge in [-0.25, -0.2) is 0 Å². The zero-order valence-electron chi connectivity index (χ0n) is 12.9. The second-order valence-electron chi connectivity index (χ2n) is 4.49. The van der Waals surface area contributed by atoms with Gasteiger partial charge >= 0.3 is 0 Å². The number of aromatic nitrogens is 2. The summed E-state index contributed by atoms with van der Waals surface area (Å²) in [6, 6.07) is 7.58. The lowest BCUT2D eigenvalue weighted by molar-refractivity contribution is -0.120. The number of nitrogens with one attached hydrogen (secondary N) is 2. The van der Waals surface area contributed by atoms with E-state index in [1.807, 2.05) is 31.2 Å². The van der Waals surface area contributed by atoms with Crippen LogP contribution in [0, 0.1) is 0 Å². The van der Waals surface area contributed by atoms with Gasteiger partial charge < -0.3 is 15.4 Å². The van der Waals surface area contributed by atoms with Crippen molar-refractivity contribution in [2.24, 2.45) is 0 Å². The fourth-order valence-corrected chi connectivity index (χ4v) is 3.62. The average Bonchev–Trinajstić information content (AvgIpc) is 3.00. The smallest absolute Gasteiger partial charge is 0.233 e. The summed E-state index contributed by atoms with van der Waals surface area (Å²) in [6.45, 7) is 5.86. The number of hydrogen-bond donors (Lipinski definition) is 2. The Morgan fingerprint density at radius 3 is 3.00 bits per heavy atom. The van der Waals surface area contributed by atoms with E-state index in [4.69, 9.17) is 4.74 Å². The molecule has 1 heterocycles. The number of nitrogens with zero attached hydrogens (tertiary/aromatic N) is 2. The molecule has 0 spiro atoms. The Morgan fingerprint density at radius 1 is 1.48 bits per heavy atom. The maximum atomic E-state index is 11.8. The Hall–Kier alpha value is -2.06. The number of methoxy groups -OCH3 is 1. The van der Waals surface area contributed by atoms with Crippen LogP contribution in [0.15, 0.2) is 41.3 Å². The number of hydrogen-bond acceptors (Lipinski definition) is 7. The number of thioether (sulfide) groups is 1. The van der Waals surface area contributed by atoms with Crippen LogP contribution in [0.1, 0.15) is 6.92 Å². The molecule has 1 atom stereocenters. The van der Waals surface area contributed by atoms with Gasteiger partial charge in [-0.1, -0.05) is 41.3 Å². The first-order chi connectivity index (χ1) is 11.1. The molecule has 1 amide bonds. The van der Waals surface area contributed by atoms with E-state index in [1.165, 1.54) is 23.1 Å². The highest BCUT2D eigenvalue weighted by molar-refractivity contribution is 8.02. The molecule has 2 aromatic rings. The van der Waals surface area contributed by atoms with E-state index in [2.05, 4.69) is 27.4 Å². The number of carbonyl (C=O) groups is 1. The molecule has 6 nitrogen and oxygen atoms in total. The van der Waals surface area contributed by atoms with Gasteiger partial charge in [0.15, 0.2) is 4.34 Å². The largest absolute Gasteiger partial charge is 0.495 e. The van der Waals surface area contributed by atoms with Crippen LogP contribution < -0.4 is 15.4 Å². The summed E-state index contributed by atoms with van der Waals surface area (Å²) in [5, 5.41) is 14.5. The number of benzene rings is 1. The third kappa shape index (κ3) is 4.97. The molecule has 1 unspecified atom stereocenters. The monoisotopic (exact) mass is 350 g/mol. The lowest BCUT2D eigenvalue weighted by atomic mass is 10.3. The second-order valence-corrected chi connectivity index (χ2v) is 7.06. The molecule has 0 bridgehead atoms. The summed E-state index contributed by atoms with van der Waals surface area (Å²) in [6.07, 6.45) is 1.65. The third-order valence-corrected chi connectivity index (χ3v) is 4.85. The SMILES string of the molecule is C=CCNC(=O)C(C)Sc1nnc(Nc2ccccc2OC)s1. The standard InChI is InChI=1S/C15H18N4O2S2/c1-4-9-16-13(20)10(2)22-15-19-18-14(23-15)17-11-7-5-6-8-12(11)21-3/h4-8,10H,1,9H2,2-3H3,(H,16,20)(H,17,18). The number of rotatable bonds is 8. The Labute approximate surface area is 143 Å². The molecule has 0 saturated carbocycles. The van der Waals surface area contributed by atoms with E-state index >= 15 is 0 Å². The first-order valence-corrected chi connectivity index (χ1v) is 8.62. The summed E-state index contributed by atoms with van der Waals surface area (Å²) < 4.78 is 6.01. The zero-order chi connectivity index (χ0) is 16.7. The van der Waals surface area contributed by atoms with Crippen LogP contribution in [0.5, 0.6) is 5.75 Å². The number of para-hydroxylation sites is 2. The van der Waals surface area contributed by atoms with Crippen LogP contribution in [0.4, 0.5) is 10.8 Å². The number of carbonyl (C=O) groups excluding carboxylic acids is 1. The topological polar surface area (TPSA) is 76.1 Å². The fraction of sp³-hybridized carbons (Fsp3) is 0.267. The highest BCUT2D eigenvalue weighted by Gasteiger charge is 2.16. The molecular weight excluding hydrogens is 332 g/mol. The molecule has 8 heteroatoms. The third-order valence-electron chi connectivity index (χ3n) is 2.82. The van der Waals surface area contributed by atoms with E-state index in [0.717, 1.165) is 15.8 Å². The predicted molar refractivity (Wildman–Crippen MR) is 94.7 cm³/mol. The van der Waals surface area contributed by atoms with Gasteiger partial charge in [-0.2, -0.15) is 0 Å². The van der Waals surface area contributed by atoms with E-state index in [1.54, 1.807) is 13.2 Å². The molecule has 23 heavy (non-hydrogen) atoms. The van der Waals surface area contributed by atoms with Crippen molar-refractivity contribution >= 4 is 39.8 Å². The maximum Gasteiger partial charge on any atom is 0.233 e. The molecule has 2 N–H and O–H groups in total. The minimum Gasteiger partial charge on any atom is -0.495 e. The molecule has 122 valence electrons. The molecule has 2 rings (SSSR count). The van der Waals surface area contributed by atoms with Gasteiger partial charge in [0.1, 0.15) is 5.75 Å². The summed E-state index contributed by atoms with van der Waals surface area (Å²) in [4.78, 5) is 11.8. The van der Waals surface area contributed by atoms with Gasteiger partial charge in [0.05, 0.1) is 18.0 Å². The van der Waals surface area contributed by atoms with Crippen LogP contribution in [0.3, 0.4) is 0 Å². The van der Waals surface area contributed by atoms with Gasteiger partial charge in [0.2, 0.25) is 11.0 Å². The molecule has 0 aliphatic rings. The van der Waals surface area contributed by atoms with Crippen molar-refractivity contribution in [1.29, 1.82) is 0 Å². The molecule has 0 aliphatic heterocycles. The van der Waals surface area contributed by atoms with E-state index in [0.29, 0.717) is 11.7 Å². The number of ether oxygens (including phenoxy) is 1. The van der Waals surface area contributed by atoms with Gasteiger partial charge in [0.25, 0.3) is 0 Å². The van der Waals surface area contributed by atoms with Crippen LogP contribution in [0.25, 0.3) is 0 Å². The Morgan fingerprint density at radius 2 is 2.26 bits per heavy atom. The van der Waals surface area contributed by atoms with Crippen molar-refractivity contribution in [2.75, 3.05) is 19.0 Å². The summed E-state index contributed by atoms with van der Waals surface area (Å²) >= 11 is 2.76. The van der Waals surface area contributed by atoms with Crippen LogP contribution in [-0.4, -0.2) is 35.0 Å². The van der Waals surface area contributed by atoms with Gasteiger partial charge in [-0.05, 0) is 19.1 Å². The van der Waals surface area contributed by atoms with Crippen molar-refractivity contribution in [3.8, 4) is 5.75 Å². The molecule has 0 fully saturated rings. The minimum atomic E-state index is -0.248. The summed E-state index contributed by atoms with van der Waals surface area (Å²) in [7, 11) is 1.62. The first-order valence-electron chi connectivity index (χ1n) is 6.93. The average molecular weight is 350 g/mol. The van der Waals surface area contributed by atoms with Crippen LogP contribution in [0.2, 0.25) is 0 Å². The molecule has 1 aromatic carbocycles. The van der Waals surface area contributed by atoms with Crippen molar-refractivity contribution in [2.45, 2.75) is 16.5 Å². The van der Waals surface area contributed by atoms with E-state index < -0.39 is 0 Å². The van der Waals surface area contributed by atoms with Crippen LogP contribution >= 0.6 is 23.1 Å². The van der Waals surface area contributed by atoms with Crippen molar-refractivity contribution in [3.05, 3.63) is 36.9 Å². The van der Waals surface area contributed by atoms with Gasteiger partial charge in [-0.3, -0.25) is 4.79 Å². The highest BCUT2D eigenvalue weighted by atomic mass is 32.2. The maximum absolute atomic E-state index is 11.8. The highest BCUT2D eigenvalue weighted by Crippen LogP contribution is 2.32. The Kier molecular flexibility index (Phi) is 6.42. The lowest BCUT2D eigenvalue weighted by Crippen LogP contribution is -2.30. The summed E-state index contributed by atoms with van der Waals surface area (Å²) in [5.41, 5.74) is 0.819. The van der Waals surface area contributed by atoms with Crippen LogP contribution in [-0.2, 0) is 4.79 Å². The fourth-order valence-electron chi connectivity index (χ4n) is 1.69.